The van der Waals surface area contributed by atoms with Crippen LogP contribution in [0.3, 0.4) is 0 Å². The quantitative estimate of drug-likeness (QED) is 0.917. The molecule has 0 fully saturated rings. The molecule has 0 radical (unpaired) electrons. The Morgan fingerprint density at radius 1 is 1.19 bits per heavy atom. The molecule has 1 aliphatic heterocycles. The maximum Gasteiger partial charge on any atom is 0.123 e. The normalized spacial score (nSPS) is 17.9. The van der Waals surface area contributed by atoms with Crippen molar-refractivity contribution in [1.29, 1.82) is 0 Å². The molecule has 110 valence electrons. The van der Waals surface area contributed by atoms with Crippen molar-refractivity contribution in [2.45, 2.75) is 25.3 Å². The average molecular weight is 283 g/mol. The summed E-state index contributed by atoms with van der Waals surface area (Å²) in [5.41, 5.74) is 8.30. The van der Waals surface area contributed by atoms with E-state index in [1.807, 2.05) is 43.3 Å². The predicted octanol–water partition coefficient (Wildman–Crippen LogP) is 3.13. The number of hydrogen-bond donors (Lipinski definition) is 1. The van der Waals surface area contributed by atoms with Gasteiger partial charge in [0.05, 0.1) is 19.1 Å². The molecular formula is C18H21NO2. The molecule has 0 spiro atoms. The van der Waals surface area contributed by atoms with Crippen LogP contribution >= 0.6 is 0 Å². The molecule has 2 aromatic rings. The van der Waals surface area contributed by atoms with E-state index < -0.39 is 0 Å². The van der Waals surface area contributed by atoms with Gasteiger partial charge in [0, 0.05) is 11.6 Å². The van der Waals surface area contributed by atoms with Crippen molar-refractivity contribution in [3.8, 4) is 11.5 Å². The number of ether oxygens (including phenoxy) is 2. The van der Waals surface area contributed by atoms with Gasteiger partial charge in [-0.05, 0) is 31.0 Å². The van der Waals surface area contributed by atoms with Crippen molar-refractivity contribution in [3.63, 3.8) is 0 Å². The summed E-state index contributed by atoms with van der Waals surface area (Å²) in [6.07, 6.45) is 0.827. The minimum absolute atomic E-state index is 0.130. The molecule has 21 heavy (non-hydrogen) atoms. The highest BCUT2D eigenvalue weighted by molar-refractivity contribution is 5.40. The van der Waals surface area contributed by atoms with Gasteiger partial charge < -0.3 is 15.2 Å². The van der Waals surface area contributed by atoms with Crippen molar-refractivity contribution in [2.75, 3.05) is 13.2 Å². The highest BCUT2D eigenvalue weighted by atomic mass is 16.5. The summed E-state index contributed by atoms with van der Waals surface area (Å²) in [6, 6.07) is 16.4. The molecule has 3 heteroatoms. The molecule has 2 atom stereocenters. The highest BCUT2D eigenvalue weighted by Gasteiger charge is 2.24. The first-order valence-electron chi connectivity index (χ1n) is 7.42. The van der Waals surface area contributed by atoms with Crippen LogP contribution in [0.1, 0.15) is 24.0 Å². The summed E-state index contributed by atoms with van der Waals surface area (Å²) in [5, 5.41) is 0. The van der Waals surface area contributed by atoms with Gasteiger partial charge in [0.1, 0.15) is 11.5 Å². The van der Waals surface area contributed by atoms with Gasteiger partial charge in [-0.3, -0.25) is 0 Å². The Labute approximate surface area is 125 Å². The number of para-hydroxylation sites is 2. The largest absolute Gasteiger partial charge is 0.493 e. The van der Waals surface area contributed by atoms with Gasteiger partial charge >= 0.3 is 0 Å². The van der Waals surface area contributed by atoms with E-state index in [1.54, 1.807) is 0 Å². The lowest BCUT2D eigenvalue weighted by molar-refractivity contribution is 0.246. The summed E-state index contributed by atoms with van der Waals surface area (Å²) in [4.78, 5) is 0. The van der Waals surface area contributed by atoms with Gasteiger partial charge in [0.25, 0.3) is 0 Å². The molecule has 0 amide bonds. The molecule has 0 aromatic heterocycles. The Morgan fingerprint density at radius 2 is 1.95 bits per heavy atom. The van der Waals surface area contributed by atoms with E-state index in [9.17, 15) is 0 Å². The number of rotatable bonds is 5. The summed E-state index contributed by atoms with van der Waals surface area (Å²) >= 11 is 0. The zero-order valence-corrected chi connectivity index (χ0v) is 12.3. The van der Waals surface area contributed by atoms with Gasteiger partial charge in [-0.25, -0.2) is 0 Å². The van der Waals surface area contributed by atoms with E-state index in [2.05, 4.69) is 12.1 Å². The molecule has 0 saturated carbocycles. The third-order valence-corrected chi connectivity index (χ3v) is 3.75. The van der Waals surface area contributed by atoms with E-state index >= 15 is 0 Å². The Hall–Kier alpha value is -2.00. The van der Waals surface area contributed by atoms with E-state index in [1.165, 1.54) is 11.1 Å². The van der Waals surface area contributed by atoms with E-state index in [4.69, 9.17) is 15.2 Å². The molecule has 0 bridgehead atoms. The number of fused-ring (bicyclic) bond motifs is 1. The molecule has 0 saturated heterocycles. The van der Waals surface area contributed by atoms with Crippen LogP contribution in [-0.4, -0.2) is 19.3 Å². The van der Waals surface area contributed by atoms with Gasteiger partial charge in [-0.2, -0.15) is 0 Å². The smallest absolute Gasteiger partial charge is 0.123 e. The first kappa shape index (κ1) is 14.0. The van der Waals surface area contributed by atoms with Crippen LogP contribution < -0.4 is 15.2 Å². The maximum absolute atomic E-state index is 6.04. The van der Waals surface area contributed by atoms with Crippen LogP contribution in [0.4, 0.5) is 0 Å². The minimum Gasteiger partial charge on any atom is -0.493 e. The van der Waals surface area contributed by atoms with E-state index in [0.29, 0.717) is 19.1 Å². The fraction of sp³-hybridized carbons (Fsp3) is 0.333. The van der Waals surface area contributed by atoms with Crippen LogP contribution in [0.25, 0.3) is 0 Å². The van der Waals surface area contributed by atoms with Crippen LogP contribution in [0.5, 0.6) is 11.5 Å². The van der Waals surface area contributed by atoms with Crippen molar-refractivity contribution in [3.05, 3.63) is 59.7 Å². The Kier molecular flexibility index (Phi) is 4.11. The average Bonchev–Trinajstić information content (AvgIpc) is 2.89. The Bertz CT molecular complexity index is 610. The van der Waals surface area contributed by atoms with Gasteiger partial charge in [-0.15, -0.1) is 0 Å². The summed E-state index contributed by atoms with van der Waals surface area (Å²) in [5.74, 6) is 2.21. The lowest BCUT2D eigenvalue weighted by atomic mass is 10.0. The number of hydrogen-bond acceptors (Lipinski definition) is 3. The highest BCUT2D eigenvalue weighted by Crippen LogP contribution is 2.34. The SMILES string of the molecule is CC(N)Cc1ccccc1OCC1COc2ccccc21. The van der Waals surface area contributed by atoms with Gasteiger partial charge in [-0.1, -0.05) is 36.4 Å². The van der Waals surface area contributed by atoms with E-state index in [0.717, 1.165) is 17.9 Å². The van der Waals surface area contributed by atoms with Crippen LogP contribution in [0, 0.1) is 0 Å². The fourth-order valence-corrected chi connectivity index (χ4v) is 2.72. The molecule has 1 aliphatic rings. The lowest BCUT2D eigenvalue weighted by Crippen LogP contribution is -2.19. The Balaban J connectivity index is 1.69. The minimum atomic E-state index is 0.130. The number of nitrogens with two attached hydrogens (primary N) is 1. The standard InChI is InChI=1S/C18H21NO2/c1-13(19)10-14-6-2-4-8-17(14)20-11-15-12-21-18-9-5-3-7-16(15)18/h2-9,13,15H,10-12,19H2,1H3. The van der Waals surface area contributed by atoms with Crippen molar-refractivity contribution in [2.24, 2.45) is 5.73 Å². The predicted molar refractivity (Wildman–Crippen MR) is 84.0 cm³/mol. The van der Waals surface area contributed by atoms with Crippen LogP contribution in [0.2, 0.25) is 0 Å². The third-order valence-electron chi connectivity index (χ3n) is 3.75. The van der Waals surface area contributed by atoms with Crippen molar-refractivity contribution >= 4 is 0 Å². The maximum atomic E-state index is 6.04. The van der Waals surface area contributed by atoms with Gasteiger partial charge in [0.15, 0.2) is 0 Å². The second-order valence-electron chi connectivity index (χ2n) is 5.65. The van der Waals surface area contributed by atoms with Crippen molar-refractivity contribution < 1.29 is 9.47 Å². The lowest BCUT2D eigenvalue weighted by Gasteiger charge is -2.15. The molecule has 2 unspecified atom stereocenters. The van der Waals surface area contributed by atoms with Crippen LogP contribution in [0.15, 0.2) is 48.5 Å². The summed E-state index contributed by atoms with van der Waals surface area (Å²) < 4.78 is 11.7. The topological polar surface area (TPSA) is 44.5 Å². The fourth-order valence-electron chi connectivity index (χ4n) is 2.72. The molecule has 3 rings (SSSR count). The molecular weight excluding hydrogens is 262 g/mol. The molecule has 0 aliphatic carbocycles. The molecule has 2 N–H and O–H groups in total. The van der Waals surface area contributed by atoms with E-state index in [-0.39, 0.29) is 6.04 Å². The first-order valence-corrected chi connectivity index (χ1v) is 7.42. The zero-order valence-electron chi connectivity index (χ0n) is 12.3. The number of benzene rings is 2. The molecule has 1 heterocycles. The first-order chi connectivity index (χ1) is 10.2. The van der Waals surface area contributed by atoms with Crippen molar-refractivity contribution in [1.82, 2.24) is 0 Å². The summed E-state index contributed by atoms with van der Waals surface area (Å²) in [6.45, 7) is 3.33. The second kappa shape index (κ2) is 6.19. The Morgan fingerprint density at radius 3 is 2.81 bits per heavy atom. The summed E-state index contributed by atoms with van der Waals surface area (Å²) in [7, 11) is 0. The van der Waals surface area contributed by atoms with Gasteiger partial charge in [0.2, 0.25) is 0 Å². The molecule has 2 aromatic carbocycles. The monoisotopic (exact) mass is 283 g/mol. The zero-order chi connectivity index (χ0) is 14.7. The molecule has 3 nitrogen and oxygen atoms in total. The second-order valence-corrected chi connectivity index (χ2v) is 5.65. The van der Waals surface area contributed by atoms with Crippen LogP contribution in [-0.2, 0) is 6.42 Å². The third kappa shape index (κ3) is 3.19.